The molecule has 1 heterocycles. The van der Waals surface area contributed by atoms with Crippen LogP contribution in [0.15, 0.2) is 46.9 Å². The molecule has 1 aliphatic heterocycles. The maximum Gasteiger partial charge on any atom is 0.303 e. The minimum atomic E-state index is -1.49. The highest BCUT2D eigenvalue weighted by atomic mass is 79.9. The van der Waals surface area contributed by atoms with E-state index in [9.17, 15) is 29.1 Å². The lowest BCUT2D eigenvalue weighted by molar-refractivity contribution is -0.288. The third-order valence-corrected chi connectivity index (χ3v) is 6.28. The molecule has 3 rings (SSSR count). The van der Waals surface area contributed by atoms with Crippen LogP contribution in [-0.4, -0.2) is 72.1 Å². The largest absolute Gasteiger partial charge is 0.507 e. The predicted octanol–water partition coefficient (Wildman–Crippen LogP) is 3.04. The first-order valence-corrected chi connectivity index (χ1v) is 13.2. The number of hydrogen-bond donors (Lipinski definition) is 1. The van der Waals surface area contributed by atoms with E-state index in [0.29, 0.717) is 0 Å². The number of phenols is 1. The van der Waals surface area contributed by atoms with Crippen molar-refractivity contribution in [2.75, 3.05) is 6.61 Å². The highest BCUT2D eigenvalue weighted by molar-refractivity contribution is 9.10. The lowest BCUT2D eigenvalue weighted by Gasteiger charge is -2.43. The zero-order valence-corrected chi connectivity index (χ0v) is 24.2. The quantitative estimate of drug-likeness (QED) is 0.231. The summed E-state index contributed by atoms with van der Waals surface area (Å²) in [7, 11) is 0. The van der Waals surface area contributed by atoms with Crippen LogP contribution in [0, 0.1) is 0 Å². The van der Waals surface area contributed by atoms with Crippen LogP contribution in [0.2, 0.25) is 0 Å². The van der Waals surface area contributed by atoms with Crippen molar-refractivity contribution >= 4 is 45.6 Å². The Morgan fingerprint density at radius 3 is 1.95 bits per heavy atom. The molecule has 41 heavy (non-hydrogen) atoms. The summed E-state index contributed by atoms with van der Waals surface area (Å²) >= 11 is 3.34. The van der Waals surface area contributed by atoms with E-state index in [1.807, 2.05) is 0 Å². The van der Waals surface area contributed by atoms with E-state index in [0.717, 1.165) is 37.7 Å². The Labute approximate surface area is 243 Å². The molecule has 0 bridgehead atoms. The molecule has 0 unspecified atom stereocenters. The van der Waals surface area contributed by atoms with E-state index >= 15 is 0 Å². The van der Waals surface area contributed by atoms with Crippen molar-refractivity contribution in [2.45, 2.75) is 64.8 Å². The summed E-state index contributed by atoms with van der Waals surface area (Å²) in [4.78, 5) is 60.1. The van der Waals surface area contributed by atoms with E-state index in [1.54, 1.807) is 24.3 Å². The molecular formula is C28H29BrO12. The summed E-state index contributed by atoms with van der Waals surface area (Å²) in [5, 5.41) is 10.6. The Hall–Kier alpha value is -3.97. The second-order valence-corrected chi connectivity index (χ2v) is 10.0. The van der Waals surface area contributed by atoms with Gasteiger partial charge < -0.3 is 33.5 Å². The summed E-state index contributed by atoms with van der Waals surface area (Å²) in [6.45, 7) is 4.05. The molecule has 0 aliphatic carbocycles. The van der Waals surface area contributed by atoms with E-state index in [2.05, 4.69) is 15.9 Å². The van der Waals surface area contributed by atoms with Crippen LogP contribution in [-0.2, 0) is 49.3 Å². The van der Waals surface area contributed by atoms with Gasteiger partial charge in [0.15, 0.2) is 18.0 Å². The van der Waals surface area contributed by atoms with Crippen molar-refractivity contribution in [2.24, 2.45) is 0 Å². The first-order valence-electron chi connectivity index (χ1n) is 12.4. The molecule has 0 radical (unpaired) electrons. The van der Waals surface area contributed by atoms with E-state index in [4.69, 9.17) is 28.4 Å². The fraction of sp³-hybridized carbons (Fsp3) is 0.393. The van der Waals surface area contributed by atoms with Gasteiger partial charge in [-0.15, -0.1) is 0 Å². The van der Waals surface area contributed by atoms with Crippen molar-refractivity contribution in [3.05, 3.63) is 58.1 Å². The maximum absolute atomic E-state index is 12.8. The molecule has 2 aromatic rings. The van der Waals surface area contributed by atoms with Gasteiger partial charge in [0.25, 0.3) is 0 Å². The van der Waals surface area contributed by atoms with E-state index in [-0.39, 0.29) is 29.3 Å². The maximum atomic E-state index is 12.8. The van der Waals surface area contributed by atoms with Crippen LogP contribution in [0.25, 0.3) is 0 Å². The molecule has 0 saturated carbocycles. The summed E-state index contributed by atoms with van der Waals surface area (Å²) < 4.78 is 33.7. The molecule has 13 heteroatoms. The number of halogens is 1. The average molecular weight is 637 g/mol. The van der Waals surface area contributed by atoms with E-state index < -0.39 is 61.2 Å². The van der Waals surface area contributed by atoms with Crippen molar-refractivity contribution in [3.8, 4) is 11.5 Å². The van der Waals surface area contributed by atoms with Crippen LogP contribution in [0.4, 0.5) is 0 Å². The molecule has 5 atom stereocenters. The standard InChI is InChI=1S/C28H29BrO12/c1-14(30)36-13-24-25(37-15(2)31)26(38-16(3)32)27(39-17(4)33)28(41-24)40-20-9-10-21(23(35)12-20)22(34)11-18-5-7-19(29)8-6-18/h5-10,12,24-28,35H,11,13H2,1-4H3/t24-,25+,26+,27+,28-/m0/s1. The van der Waals surface area contributed by atoms with Crippen molar-refractivity contribution in [1.82, 2.24) is 0 Å². The van der Waals surface area contributed by atoms with Gasteiger partial charge in [-0.1, -0.05) is 28.1 Å². The topological polar surface area (TPSA) is 161 Å². The number of carbonyl (C=O) groups is 5. The minimum absolute atomic E-state index is 0.00333. The Morgan fingerprint density at radius 1 is 0.805 bits per heavy atom. The fourth-order valence-electron chi connectivity index (χ4n) is 4.12. The first-order chi connectivity index (χ1) is 19.3. The van der Waals surface area contributed by atoms with Gasteiger partial charge in [0.1, 0.15) is 24.2 Å². The van der Waals surface area contributed by atoms with Gasteiger partial charge in [0.05, 0.1) is 5.56 Å². The van der Waals surface area contributed by atoms with Crippen LogP contribution >= 0.6 is 15.9 Å². The molecule has 12 nitrogen and oxygen atoms in total. The van der Waals surface area contributed by atoms with Gasteiger partial charge >= 0.3 is 23.9 Å². The molecule has 1 fully saturated rings. The molecule has 0 amide bonds. The lowest BCUT2D eigenvalue weighted by Crippen LogP contribution is -2.63. The Kier molecular flexibility index (Phi) is 10.8. The Morgan fingerprint density at radius 2 is 1.39 bits per heavy atom. The zero-order chi connectivity index (χ0) is 30.3. The number of aromatic hydroxyl groups is 1. The van der Waals surface area contributed by atoms with Crippen molar-refractivity contribution < 1.29 is 57.5 Å². The van der Waals surface area contributed by atoms with E-state index in [1.165, 1.54) is 18.2 Å². The average Bonchev–Trinajstić information content (AvgIpc) is 2.87. The fourth-order valence-corrected chi connectivity index (χ4v) is 4.39. The number of Topliss-reactive ketones (excluding diaryl/α,β-unsaturated/α-hetero) is 1. The molecule has 1 N–H and O–H groups in total. The number of phenolic OH excluding ortho intramolecular Hbond substituents is 1. The number of hydrogen-bond acceptors (Lipinski definition) is 12. The number of ketones is 1. The Balaban J connectivity index is 1.90. The van der Waals surface area contributed by atoms with Gasteiger partial charge in [-0.3, -0.25) is 24.0 Å². The lowest BCUT2D eigenvalue weighted by atomic mass is 9.98. The van der Waals surface area contributed by atoms with Crippen LogP contribution in [0.1, 0.15) is 43.6 Å². The van der Waals surface area contributed by atoms with Gasteiger partial charge in [0.2, 0.25) is 12.4 Å². The van der Waals surface area contributed by atoms with Gasteiger partial charge in [-0.25, -0.2) is 0 Å². The highest BCUT2D eigenvalue weighted by Crippen LogP contribution is 2.33. The van der Waals surface area contributed by atoms with Gasteiger partial charge in [-0.2, -0.15) is 0 Å². The van der Waals surface area contributed by atoms with Crippen molar-refractivity contribution in [1.29, 1.82) is 0 Å². The monoisotopic (exact) mass is 636 g/mol. The van der Waals surface area contributed by atoms with Crippen LogP contribution in [0.3, 0.4) is 0 Å². The van der Waals surface area contributed by atoms with Gasteiger partial charge in [-0.05, 0) is 29.8 Å². The minimum Gasteiger partial charge on any atom is -0.507 e. The zero-order valence-electron chi connectivity index (χ0n) is 22.7. The second-order valence-electron chi connectivity index (χ2n) is 9.09. The molecule has 2 aromatic carbocycles. The third kappa shape index (κ3) is 9.02. The SMILES string of the molecule is CC(=O)OC[C@@H]1O[C@H](Oc2ccc(C(=O)Cc3ccc(Br)cc3)c(O)c2)[C@H](OC(C)=O)[C@H](OC(C)=O)[C@@H]1OC(C)=O. The predicted molar refractivity (Wildman–Crippen MR) is 143 cm³/mol. The third-order valence-electron chi connectivity index (χ3n) is 5.75. The number of benzene rings is 2. The summed E-state index contributed by atoms with van der Waals surface area (Å²) in [5.41, 5.74) is 0.789. The summed E-state index contributed by atoms with van der Waals surface area (Å²) in [5.74, 6) is -3.73. The molecule has 0 spiro atoms. The van der Waals surface area contributed by atoms with Crippen molar-refractivity contribution in [3.63, 3.8) is 0 Å². The smallest absolute Gasteiger partial charge is 0.303 e. The Bertz CT molecular complexity index is 1290. The summed E-state index contributed by atoms with van der Waals surface area (Å²) in [6.07, 6.45) is -6.86. The number of rotatable bonds is 10. The van der Waals surface area contributed by atoms with Gasteiger partial charge in [0, 0.05) is 44.7 Å². The molecule has 1 saturated heterocycles. The molecule has 220 valence electrons. The molecule has 1 aliphatic rings. The normalized spacial score (nSPS) is 21.7. The number of esters is 4. The number of carbonyl (C=O) groups excluding carboxylic acids is 5. The molecule has 0 aromatic heterocycles. The highest BCUT2D eigenvalue weighted by Gasteiger charge is 2.53. The van der Waals surface area contributed by atoms with Crippen LogP contribution in [0.5, 0.6) is 11.5 Å². The first kappa shape index (κ1) is 31.6. The number of ether oxygens (including phenoxy) is 6. The van der Waals surface area contributed by atoms with Crippen LogP contribution < -0.4 is 4.74 Å². The second kappa shape index (κ2) is 14.1. The molecular weight excluding hydrogens is 608 g/mol. The summed E-state index contributed by atoms with van der Waals surface area (Å²) in [6, 6.07) is 11.1.